The molecule has 0 aliphatic rings. The van der Waals surface area contributed by atoms with Crippen LogP contribution in [0.15, 0.2) is 63.5 Å². The first-order chi connectivity index (χ1) is 11.2. The highest BCUT2D eigenvalue weighted by molar-refractivity contribution is 9.10. The van der Waals surface area contributed by atoms with Crippen LogP contribution in [0.3, 0.4) is 0 Å². The van der Waals surface area contributed by atoms with Gasteiger partial charge in [0.15, 0.2) is 0 Å². The van der Waals surface area contributed by atoms with Gasteiger partial charge in [0.25, 0.3) is 0 Å². The number of anilines is 1. The van der Waals surface area contributed by atoms with Crippen LogP contribution < -0.4 is 5.32 Å². The van der Waals surface area contributed by atoms with E-state index in [4.69, 9.17) is 9.15 Å². The highest BCUT2D eigenvalue weighted by atomic mass is 79.9. The van der Waals surface area contributed by atoms with Gasteiger partial charge in [0.1, 0.15) is 6.61 Å². The monoisotopic (exact) mass is 373 g/mol. The van der Waals surface area contributed by atoms with Crippen LogP contribution in [0, 0.1) is 0 Å². The molecular weight excluding hydrogens is 362 g/mol. The lowest BCUT2D eigenvalue weighted by Crippen LogP contribution is -2.13. The Balaban J connectivity index is 1.59. The Hall–Kier alpha value is -2.67. The second kappa shape index (κ2) is 7.06. The molecule has 7 heteroatoms. The molecule has 0 atom stereocenters. The molecule has 2 aromatic carbocycles. The second-order valence-electron chi connectivity index (χ2n) is 4.61. The maximum absolute atomic E-state index is 11.7. The van der Waals surface area contributed by atoms with Crippen molar-refractivity contribution in [2.75, 3.05) is 5.32 Å². The Morgan fingerprint density at radius 3 is 2.74 bits per heavy atom. The first-order valence-electron chi connectivity index (χ1n) is 6.78. The van der Waals surface area contributed by atoms with Crippen LogP contribution in [-0.4, -0.2) is 16.3 Å². The molecule has 0 spiro atoms. The molecule has 0 unspecified atom stereocenters. The fourth-order valence-electron chi connectivity index (χ4n) is 1.86. The molecule has 1 N–H and O–H groups in total. The molecule has 0 aliphatic carbocycles. The molecule has 6 nitrogen and oxygen atoms in total. The molecule has 0 saturated heterocycles. The molecule has 0 saturated carbocycles. The number of carbonyl (C=O) groups excluding carboxylic acids is 1. The first-order valence-corrected chi connectivity index (χ1v) is 7.57. The summed E-state index contributed by atoms with van der Waals surface area (Å²) in [6.45, 7) is 0.166. The third-order valence-corrected chi connectivity index (χ3v) is 3.41. The Morgan fingerprint density at radius 1 is 1.13 bits per heavy atom. The SMILES string of the molecule is O=C(Nc1nnc(-c2cccc(Br)c2)o1)OCc1ccccc1. The molecular formula is C16H12BrN3O3. The smallest absolute Gasteiger partial charge is 0.415 e. The normalized spacial score (nSPS) is 10.3. The zero-order valence-corrected chi connectivity index (χ0v) is 13.5. The largest absolute Gasteiger partial charge is 0.444 e. The number of nitrogens with one attached hydrogen (secondary N) is 1. The van der Waals surface area contributed by atoms with Gasteiger partial charge in [0, 0.05) is 10.0 Å². The summed E-state index contributed by atoms with van der Waals surface area (Å²) in [4.78, 5) is 11.7. The van der Waals surface area contributed by atoms with Gasteiger partial charge >= 0.3 is 12.1 Å². The number of ether oxygens (including phenoxy) is 1. The standard InChI is InChI=1S/C16H12BrN3O3/c17-13-8-4-7-12(9-13)14-19-20-15(23-14)18-16(21)22-10-11-5-2-1-3-6-11/h1-9H,10H2,(H,18,20,21). The minimum Gasteiger partial charge on any atom is -0.444 e. The van der Waals surface area contributed by atoms with E-state index in [1.54, 1.807) is 0 Å². The molecule has 0 aliphatic heterocycles. The van der Waals surface area contributed by atoms with Gasteiger partial charge in [-0.3, -0.25) is 0 Å². The Labute approximate surface area is 140 Å². The van der Waals surface area contributed by atoms with Crippen LogP contribution in [0.5, 0.6) is 0 Å². The van der Waals surface area contributed by atoms with Gasteiger partial charge in [-0.1, -0.05) is 57.4 Å². The zero-order chi connectivity index (χ0) is 16.1. The average molecular weight is 374 g/mol. The van der Waals surface area contributed by atoms with E-state index >= 15 is 0 Å². The minimum absolute atomic E-state index is 0.0157. The van der Waals surface area contributed by atoms with Gasteiger partial charge in [0.05, 0.1) is 0 Å². The molecule has 0 bridgehead atoms. The van der Waals surface area contributed by atoms with Gasteiger partial charge in [-0.05, 0) is 23.8 Å². The summed E-state index contributed by atoms with van der Waals surface area (Å²) < 4.78 is 11.4. The molecule has 23 heavy (non-hydrogen) atoms. The number of nitrogens with zero attached hydrogens (tertiary/aromatic N) is 2. The number of aromatic nitrogens is 2. The molecule has 3 rings (SSSR count). The summed E-state index contributed by atoms with van der Waals surface area (Å²) >= 11 is 3.37. The van der Waals surface area contributed by atoms with E-state index in [0.29, 0.717) is 5.89 Å². The number of amides is 1. The summed E-state index contributed by atoms with van der Waals surface area (Å²) in [5.74, 6) is 0.310. The van der Waals surface area contributed by atoms with Crippen molar-refractivity contribution < 1.29 is 13.9 Å². The number of carbonyl (C=O) groups is 1. The number of halogens is 1. The van der Waals surface area contributed by atoms with E-state index < -0.39 is 6.09 Å². The lowest BCUT2D eigenvalue weighted by Gasteiger charge is -2.03. The van der Waals surface area contributed by atoms with Crippen molar-refractivity contribution in [1.82, 2.24) is 10.2 Å². The lowest BCUT2D eigenvalue weighted by atomic mass is 10.2. The van der Waals surface area contributed by atoms with Crippen molar-refractivity contribution in [1.29, 1.82) is 0 Å². The summed E-state index contributed by atoms with van der Waals surface area (Å²) in [6.07, 6.45) is -0.654. The molecule has 0 fully saturated rings. The molecule has 1 aromatic heterocycles. The lowest BCUT2D eigenvalue weighted by molar-refractivity contribution is 0.154. The first kappa shape index (κ1) is 15.2. The highest BCUT2D eigenvalue weighted by Crippen LogP contribution is 2.23. The maximum atomic E-state index is 11.7. The summed E-state index contributed by atoms with van der Waals surface area (Å²) in [5.41, 5.74) is 1.64. The van der Waals surface area contributed by atoms with Crippen molar-refractivity contribution in [3.63, 3.8) is 0 Å². The van der Waals surface area contributed by atoms with Gasteiger partial charge in [-0.2, -0.15) is 0 Å². The van der Waals surface area contributed by atoms with Crippen LogP contribution in [0.2, 0.25) is 0 Å². The molecule has 1 amide bonds. The Morgan fingerprint density at radius 2 is 1.96 bits per heavy atom. The molecule has 1 heterocycles. The van der Waals surface area contributed by atoms with Crippen LogP contribution in [0.25, 0.3) is 11.5 Å². The minimum atomic E-state index is -0.654. The van der Waals surface area contributed by atoms with Crippen molar-refractivity contribution in [3.8, 4) is 11.5 Å². The van der Waals surface area contributed by atoms with E-state index in [1.165, 1.54) is 0 Å². The fourth-order valence-corrected chi connectivity index (χ4v) is 2.26. The Kier molecular flexibility index (Phi) is 4.68. The predicted molar refractivity (Wildman–Crippen MR) is 87.7 cm³/mol. The highest BCUT2D eigenvalue weighted by Gasteiger charge is 2.12. The van der Waals surface area contributed by atoms with E-state index in [-0.39, 0.29) is 12.6 Å². The molecule has 3 aromatic rings. The van der Waals surface area contributed by atoms with E-state index in [0.717, 1.165) is 15.6 Å². The molecule has 0 radical (unpaired) electrons. The Bertz CT molecular complexity index is 805. The van der Waals surface area contributed by atoms with Gasteiger partial charge in [-0.25, -0.2) is 10.1 Å². The third kappa shape index (κ3) is 4.17. The zero-order valence-electron chi connectivity index (χ0n) is 11.9. The van der Waals surface area contributed by atoms with Crippen LogP contribution in [-0.2, 0) is 11.3 Å². The van der Waals surface area contributed by atoms with Gasteiger partial charge < -0.3 is 9.15 Å². The van der Waals surface area contributed by atoms with Crippen LogP contribution in [0.4, 0.5) is 10.8 Å². The van der Waals surface area contributed by atoms with Gasteiger partial charge in [0.2, 0.25) is 5.89 Å². The van der Waals surface area contributed by atoms with Crippen molar-refractivity contribution in [2.24, 2.45) is 0 Å². The van der Waals surface area contributed by atoms with Crippen molar-refractivity contribution in [2.45, 2.75) is 6.61 Å². The number of benzene rings is 2. The summed E-state index contributed by atoms with van der Waals surface area (Å²) in [6, 6.07) is 16.8. The van der Waals surface area contributed by atoms with E-state index in [2.05, 4.69) is 31.4 Å². The third-order valence-electron chi connectivity index (χ3n) is 2.92. The summed E-state index contributed by atoms with van der Waals surface area (Å²) in [7, 11) is 0. The number of hydrogen-bond acceptors (Lipinski definition) is 5. The summed E-state index contributed by atoms with van der Waals surface area (Å²) in [5, 5.41) is 10.1. The average Bonchev–Trinajstić information content (AvgIpc) is 3.02. The van der Waals surface area contributed by atoms with E-state index in [9.17, 15) is 4.79 Å². The molecule has 116 valence electrons. The second-order valence-corrected chi connectivity index (χ2v) is 5.53. The van der Waals surface area contributed by atoms with Crippen LogP contribution in [0.1, 0.15) is 5.56 Å². The topological polar surface area (TPSA) is 77.3 Å². The quantitative estimate of drug-likeness (QED) is 0.739. The van der Waals surface area contributed by atoms with Crippen molar-refractivity contribution in [3.05, 3.63) is 64.6 Å². The number of hydrogen-bond donors (Lipinski definition) is 1. The van der Waals surface area contributed by atoms with Gasteiger partial charge in [-0.15, -0.1) is 5.10 Å². The number of rotatable bonds is 4. The van der Waals surface area contributed by atoms with Crippen LogP contribution >= 0.6 is 15.9 Å². The van der Waals surface area contributed by atoms with E-state index in [1.807, 2.05) is 54.6 Å². The van der Waals surface area contributed by atoms with Crippen molar-refractivity contribution >= 4 is 28.0 Å². The predicted octanol–water partition coefficient (Wildman–Crippen LogP) is 4.25. The maximum Gasteiger partial charge on any atom is 0.415 e. The fraction of sp³-hybridized carbons (Fsp3) is 0.0625.